The van der Waals surface area contributed by atoms with Crippen LogP contribution in [0.15, 0.2) is 58.5 Å². The average molecular weight is 366 g/mol. The van der Waals surface area contributed by atoms with Gasteiger partial charge in [0.2, 0.25) is 10.0 Å². The highest BCUT2D eigenvalue weighted by Crippen LogP contribution is 2.31. The third-order valence-corrected chi connectivity index (χ3v) is 7.70. The highest BCUT2D eigenvalue weighted by molar-refractivity contribution is 7.91. The lowest BCUT2D eigenvalue weighted by atomic mass is 9.99. The van der Waals surface area contributed by atoms with Crippen molar-refractivity contribution in [3.8, 4) is 0 Å². The van der Waals surface area contributed by atoms with Crippen molar-refractivity contribution in [2.75, 3.05) is 18.8 Å². The molecule has 1 aromatic carbocycles. The van der Waals surface area contributed by atoms with Gasteiger partial charge in [-0.3, -0.25) is 4.98 Å². The number of nitrogens with zero attached hydrogens (tertiary/aromatic N) is 2. The molecule has 1 aliphatic heterocycles. The summed E-state index contributed by atoms with van der Waals surface area (Å²) in [5, 5.41) is 0. The third kappa shape index (κ3) is 3.09. The minimum atomic E-state index is -3.69. The van der Waals surface area contributed by atoms with Crippen LogP contribution < -0.4 is 0 Å². The van der Waals surface area contributed by atoms with Crippen LogP contribution in [-0.2, 0) is 19.9 Å². The van der Waals surface area contributed by atoms with Gasteiger partial charge < -0.3 is 0 Å². The molecule has 0 bridgehead atoms. The molecule has 1 aliphatic rings. The van der Waals surface area contributed by atoms with E-state index in [4.69, 9.17) is 0 Å². The first kappa shape index (κ1) is 17.1. The van der Waals surface area contributed by atoms with Gasteiger partial charge in [0, 0.05) is 30.9 Å². The average Bonchev–Trinajstić information content (AvgIpc) is 2.54. The van der Waals surface area contributed by atoms with Gasteiger partial charge in [0.1, 0.15) is 0 Å². The fraction of sp³-hybridized carbons (Fsp3) is 0.312. The number of aromatic nitrogens is 1. The summed E-state index contributed by atoms with van der Waals surface area (Å²) in [5.74, 6) is 0.00522. The number of sulfone groups is 1. The molecule has 6 nitrogen and oxygen atoms in total. The molecule has 0 saturated carbocycles. The predicted molar refractivity (Wildman–Crippen MR) is 89.9 cm³/mol. The van der Waals surface area contributed by atoms with Gasteiger partial charge in [-0.25, -0.2) is 16.8 Å². The Hall–Kier alpha value is -1.77. The van der Waals surface area contributed by atoms with Gasteiger partial charge in [-0.15, -0.1) is 0 Å². The summed E-state index contributed by atoms with van der Waals surface area (Å²) in [6.07, 6.45) is 1.69. The Morgan fingerprint density at radius 1 is 1.04 bits per heavy atom. The van der Waals surface area contributed by atoms with Gasteiger partial charge >= 0.3 is 0 Å². The van der Waals surface area contributed by atoms with Crippen molar-refractivity contribution in [3.63, 3.8) is 0 Å². The maximum Gasteiger partial charge on any atom is 0.243 e. The number of rotatable bonds is 5. The molecule has 0 radical (unpaired) electrons. The largest absolute Gasteiger partial charge is 0.261 e. The smallest absolute Gasteiger partial charge is 0.243 e. The molecule has 2 heterocycles. The van der Waals surface area contributed by atoms with Crippen molar-refractivity contribution in [3.05, 3.63) is 54.4 Å². The second-order valence-electron chi connectivity index (χ2n) is 5.65. The first-order chi connectivity index (χ1) is 11.3. The third-order valence-electron chi connectivity index (χ3n) is 4.14. The summed E-state index contributed by atoms with van der Waals surface area (Å²) >= 11 is 0. The first-order valence-corrected chi connectivity index (χ1v) is 10.7. The van der Waals surface area contributed by atoms with Gasteiger partial charge in [0.05, 0.1) is 15.5 Å². The minimum Gasteiger partial charge on any atom is -0.261 e. The Labute approximate surface area is 142 Å². The SMILES string of the molecule is CCS(=O)(=O)c1cccc(S(=O)(=O)N2CC(c3ccccn3)C2)c1. The van der Waals surface area contributed by atoms with Crippen LogP contribution in [0.3, 0.4) is 0 Å². The summed E-state index contributed by atoms with van der Waals surface area (Å²) in [6, 6.07) is 11.1. The van der Waals surface area contributed by atoms with Crippen molar-refractivity contribution >= 4 is 19.9 Å². The van der Waals surface area contributed by atoms with Crippen LogP contribution in [-0.4, -0.2) is 45.0 Å². The van der Waals surface area contributed by atoms with Gasteiger partial charge in [0.15, 0.2) is 9.84 Å². The van der Waals surface area contributed by atoms with E-state index >= 15 is 0 Å². The van der Waals surface area contributed by atoms with E-state index in [0.717, 1.165) is 5.69 Å². The normalized spacial score (nSPS) is 16.7. The lowest BCUT2D eigenvalue weighted by Crippen LogP contribution is -2.48. The summed E-state index contributed by atoms with van der Waals surface area (Å²) in [6.45, 7) is 2.23. The fourth-order valence-electron chi connectivity index (χ4n) is 2.58. The second kappa shape index (κ2) is 6.27. The van der Waals surface area contributed by atoms with Gasteiger partial charge in [-0.1, -0.05) is 19.1 Å². The highest BCUT2D eigenvalue weighted by atomic mass is 32.2. The maximum absolute atomic E-state index is 12.7. The molecule has 0 amide bonds. The molecule has 0 atom stereocenters. The Balaban J connectivity index is 1.82. The lowest BCUT2D eigenvalue weighted by Gasteiger charge is -2.37. The molecule has 3 rings (SSSR count). The molecule has 8 heteroatoms. The summed E-state index contributed by atoms with van der Waals surface area (Å²) in [5.41, 5.74) is 0.867. The standard InChI is InChI=1S/C16H18N2O4S2/c1-2-23(19,20)14-6-5-7-15(10-14)24(21,22)18-11-13(12-18)16-8-3-4-9-17-16/h3-10,13H,2,11-12H2,1H3. The van der Waals surface area contributed by atoms with Gasteiger partial charge in [0.25, 0.3) is 0 Å². The van der Waals surface area contributed by atoms with Gasteiger partial charge in [-0.05, 0) is 30.3 Å². The van der Waals surface area contributed by atoms with Crippen molar-refractivity contribution < 1.29 is 16.8 Å². The molecule has 128 valence electrons. The molecule has 1 fully saturated rings. The second-order valence-corrected chi connectivity index (χ2v) is 9.87. The van der Waals surface area contributed by atoms with Crippen LogP contribution in [0.1, 0.15) is 18.5 Å². The topological polar surface area (TPSA) is 84.4 Å². The molecule has 2 aromatic rings. The maximum atomic E-state index is 12.7. The number of sulfonamides is 1. The van der Waals surface area contributed by atoms with E-state index in [0.29, 0.717) is 13.1 Å². The van der Waals surface area contributed by atoms with E-state index in [2.05, 4.69) is 4.98 Å². The molecule has 1 saturated heterocycles. The van der Waals surface area contributed by atoms with Crippen LogP contribution in [0.25, 0.3) is 0 Å². The van der Waals surface area contributed by atoms with Crippen LogP contribution in [0.5, 0.6) is 0 Å². The first-order valence-electron chi connectivity index (χ1n) is 7.58. The Morgan fingerprint density at radius 2 is 1.75 bits per heavy atom. The van der Waals surface area contributed by atoms with E-state index in [1.54, 1.807) is 6.20 Å². The molecule has 0 N–H and O–H groups in total. The molecule has 0 spiro atoms. The monoisotopic (exact) mass is 366 g/mol. The van der Waals surface area contributed by atoms with Crippen LogP contribution in [0.2, 0.25) is 0 Å². The minimum absolute atomic E-state index is 0.0106. The van der Waals surface area contributed by atoms with E-state index in [1.165, 1.54) is 35.5 Å². The van der Waals surface area contributed by atoms with Gasteiger partial charge in [-0.2, -0.15) is 4.31 Å². The van der Waals surface area contributed by atoms with Crippen LogP contribution in [0.4, 0.5) is 0 Å². The zero-order valence-corrected chi connectivity index (χ0v) is 14.8. The zero-order valence-electron chi connectivity index (χ0n) is 13.2. The van der Waals surface area contributed by atoms with E-state index in [9.17, 15) is 16.8 Å². The molecular formula is C16H18N2O4S2. The van der Waals surface area contributed by atoms with Crippen LogP contribution in [0, 0.1) is 0 Å². The summed E-state index contributed by atoms with van der Waals surface area (Å²) in [4.78, 5) is 4.29. The molecule has 1 aromatic heterocycles. The van der Waals surface area contributed by atoms with Crippen molar-refractivity contribution in [2.24, 2.45) is 0 Å². The molecular weight excluding hydrogens is 348 g/mol. The van der Waals surface area contributed by atoms with Crippen molar-refractivity contribution in [1.82, 2.24) is 9.29 Å². The number of hydrogen-bond acceptors (Lipinski definition) is 5. The molecule has 0 aliphatic carbocycles. The van der Waals surface area contributed by atoms with E-state index in [1.807, 2.05) is 18.2 Å². The fourth-order valence-corrected chi connectivity index (χ4v) is 5.16. The van der Waals surface area contributed by atoms with Crippen molar-refractivity contribution in [2.45, 2.75) is 22.6 Å². The quantitative estimate of drug-likeness (QED) is 0.803. The predicted octanol–water partition coefficient (Wildman–Crippen LogP) is 1.66. The van der Waals surface area contributed by atoms with E-state index < -0.39 is 19.9 Å². The van der Waals surface area contributed by atoms with Crippen molar-refractivity contribution in [1.29, 1.82) is 0 Å². The number of hydrogen-bond donors (Lipinski definition) is 0. The zero-order chi connectivity index (χ0) is 17.4. The number of pyridine rings is 1. The van der Waals surface area contributed by atoms with Crippen LogP contribution >= 0.6 is 0 Å². The summed E-state index contributed by atoms with van der Waals surface area (Å²) < 4.78 is 50.6. The highest BCUT2D eigenvalue weighted by Gasteiger charge is 2.38. The molecule has 24 heavy (non-hydrogen) atoms. The Kier molecular flexibility index (Phi) is 4.46. The Morgan fingerprint density at radius 3 is 2.38 bits per heavy atom. The van der Waals surface area contributed by atoms with E-state index in [-0.39, 0.29) is 21.5 Å². The summed E-state index contributed by atoms with van der Waals surface area (Å²) in [7, 11) is -7.14. The number of benzene rings is 1. The Bertz CT molecular complexity index is 935. The molecule has 0 unspecified atom stereocenters. The lowest BCUT2D eigenvalue weighted by molar-refractivity contribution is 0.260.